The predicted octanol–water partition coefficient (Wildman–Crippen LogP) is 3.70. The van der Waals surface area contributed by atoms with Crippen LogP contribution in [0, 0.1) is 0 Å². The summed E-state index contributed by atoms with van der Waals surface area (Å²) in [4.78, 5) is 19.9. The van der Waals surface area contributed by atoms with Crippen LogP contribution < -0.4 is 14.8 Å². The summed E-state index contributed by atoms with van der Waals surface area (Å²) in [5.41, 5.74) is 1.18. The maximum absolute atomic E-state index is 12.4. The maximum atomic E-state index is 12.4. The fraction of sp³-hybridized carbons (Fsp3) is 0.0500. The van der Waals surface area contributed by atoms with E-state index in [1.165, 1.54) is 42.7 Å². The minimum atomic E-state index is -3.84. The summed E-state index contributed by atoms with van der Waals surface area (Å²) in [6, 6.07) is 12.8. The molecular weight excluding hydrogens is 472 g/mol. The standard InChI is InChI=1S/C20H17BrN4O4S/c1-29-18-9-4-15(21)13-14(18)3-10-19(26)24-16-5-7-17(8-6-16)30(27,28)25-20-22-11-2-12-23-20/h2-13H,1H3,(H,24,26)(H,22,23,25)/b10-3+. The van der Waals surface area contributed by atoms with Gasteiger partial charge in [0.05, 0.1) is 12.0 Å². The van der Waals surface area contributed by atoms with E-state index in [9.17, 15) is 13.2 Å². The monoisotopic (exact) mass is 488 g/mol. The van der Waals surface area contributed by atoms with Gasteiger partial charge >= 0.3 is 0 Å². The quantitative estimate of drug-likeness (QED) is 0.490. The molecular formula is C20H17BrN4O4S. The van der Waals surface area contributed by atoms with Crippen LogP contribution in [-0.2, 0) is 14.8 Å². The Hall–Kier alpha value is -3.24. The lowest BCUT2D eigenvalue weighted by Gasteiger charge is -2.08. The fourth-order valence-corrected chi connectivity index (χ4v) is 3.77. The number of sulfonamides is 1. The van der Waals surface area contributed by atoms with Crippen molar-refractivity contribution in [2.45, 2.75) is 4.90 Å². The molecule has 154 valence electrons. The Balaban J connectivity index is 1.67. The van der Waals surface area contributed by atoms with Crippen LogP contribution in [0.1, 0.15) is 5.56 Å². The number of halogens is 1. The molecule has 0 radical (unpaired) electrons. The minimum absolute atomic E-state index is 0.0161. The molecule has 1 amide bonds. The molecule has 0 aliphatic heterocycles. The van der Waals surface area contributed by atoms with E-state index in [0.717, 1.165) is 10.0 Å². The lowest BCUT2D eigenvalue weighted by Crippen LogP contribution is -2.15. The number of aromatic nitrogens is 2. The van der Waals surface area contributed by atoms with Crippen molar-refractivity contribution in [2.75, 3.05) is 17.1 Å². The topological polar surface area (TPSA) is 110 Å². The van der Waals surface area contributed by atoms with Crippen LogP contribution >= 0.6 is 15.9 Å². The molecule has 2 aromatic carbocycles. The van der Waals surface area contributed by atoms with Gasteiger partial charge in [-0.2, -0.15) is 0 Å². The van der Waals surface area contributed by atoms with Crippen molar-refractivity contribution in [1.82, 2.24) is 9.97 Å². The van der Waals surface area contributed by atoms with Gasteiger partial charge in [-0.25, -0.2) is 23.1 Å². The highest BCUT2D eigenvalue weighted by Gasteiger charge is 2.15. The number of rotatable bonds is 7. The summed E-state index contributed by atoms with van der Waals surface area (Å²) in [6.45, 7) is 0. The Morgan fingerprint density at radius 1 is 1.10 bits per heavy atom. The lowest BCUT2D eigenvalue weighted by molar-refractivity contribution is -0.111. The average molecular weight is 489 g/mol. The molecule has 10 heteroatoms. The van der Waals surface area contributed by atoms with E-state index in [4.69, 9.17) is 4.74 Å². The number of hydrogen-bond donors (Lipinski definition) is 2. The molecule has 3 rings (SSSR count). The number of nitrogens with one attached hydrogen (secondary N) is 2. The number of carbonyl (C=O) groups is 1. The summed E-state index contributed by atoms with van der Waals surface area (Å²) in [6.07, 6.45) is 5.85. The van der Waals surface area contributed by atoms with Crippen molar-refractivity contribution in [3.8, 4) is 5.75 Å². The summed E-state index contributed by atoms with van der Waals surface area (Å²) in [5, 5.41) is 2.67. The van der Waals surface area contributed by atoms with E-state index in [2.05, 4.69) is 35.9 Å². The number of anilines is 2. The molecule has 2 N–H and O–H groups in total. The van der Waals surface area contributed by atoms with Crippen molar-refractivity contribution in [3.63, 3.8) is 0 Å². The van der Waals surface area contributed by atoms with Crippen LogP contribution in [0.5, 0.6) is 5.75 Å². The maximum Gasteiger partial charge on any atom is 0.264 e. The molecule has 0 unspecified atom stereocenters. The largest absolute Gasteiger partial charge is 0.496 e. The van der Waals surface area contributed by atoms with Crippen molar-refractivity contribution in [3.05, 3.63) is 77.0 Å². The number of benzene rings is 2. The molecule has 1 heterocycles. The van der Waals surface area contributed by atoms with Crippen molar-refractivity contribution in [2.24, 2.45) is 0 Å². The van der Waals surface area contributed by atoms with Gasteiger partial charge in [0.15, 0.2) is 0 Å². The second-order valence-electron chi connectivity index (χ2n) is 5.91. The lowest BCUT2D eigenvalue weighted by atomic mass is 10.2. The van der Waals surface area contributed by atoms with Gasteiger partial charge in [0.1, 0.15) is 5.75 Å². The molecule has 30 heavy (non-hydrogen) atoms. The number of nitrogens with zero attached hydrogens (tertiary/aromatic N) is 2. The van der Waals surface area contributed by atoms with Gasteiger partial charge in [-0.05, 0) is 54.6 Å². The molecule has 3 aromatic rings. The summed E-state index contributed by atoms with van der Waals surface area (Å²) >= 11 is 3.38. The normalized spacial score (nSPS) is 11.3. The number of carbonyl (C=O) groups excluding carboxylic acids is 1. The van der Waals surface area contributed by atoms with Crippen LogP contribution in [0.25, 0.3) is 6.08 Å². The predicted molar refractivity (Wildman–Crippen MR) is 118 cm³/mol. The van der Waals surface area contributed by atoms with E-state index in [1.54, 1.807) is 25.3 Å². The van der Waals surface area contributed by atoms with E-state index < -0.39 is 10.0 Å². The number of hydrogen-bond acceptors (Lipinski definition) is 6. The Kier molecular flexibility index (Phi) is 6.80. The molecule has 0 spiro atoms. The Morgan fingerprint density at radius 2 is 1.80 bits per heavy atom. The first-order valence-electron chi connectivity index (χ1n) is 8.60. The van der Waals surface area contributed by atoms with Gasteiger partial charge in [-0.15, -0.1) is 0 Å². The summed E-state index contributed by atoms with van der Waals surface area (Å²) in [5.74, 6) is 0.234. The fourth-order valence-electron chi connectivity index (χ4n) is 2.43. The van der Waals surface area contributed by atoms with Gasteiger partial charge in [0.25, 0.3) is 10.0 Å². The number of amides is 1. The molecule has 8 nitrogen and oxygen atoms in total. The molecule has 0 fully saturated rings. The zero-order chi connectivity index (χ0) is 21.6. The Morgan fingerprint density at radius 3 is 2.47 bits per heavy atom. The first kappa shape index (κ1) is 21.5. The van der Waals surface area contributed by atoms with Gasteiger partial charge in [0.2, 0.25) is 11.9 Å². The van der Waals surface area contributed by atoms with E-state index in [1.807, 2.05) is 12.1 Å². The average Bonchev–Trinajstić information content (AvgIpc) is 2.73. The first-order valence-corrected chi connectivity index (χ1v) is 10.9. The van der Waals surface area contributed by atoms with Crippen LogP contribution in [0.15, 0.2) is 76.4 Å². The molecule has 0 saturated heterocycles. The van der Waals surface area contributed by atoms with Crippen LogP contribution in [0.2, 0.25) is 0 Å². The molecule has 0 aliphatic carbocycles. The summed E-state index contributed by atoms with van der Waals surface area (Å²) < 4.78 is 33.2. The third-order valence-corrected chi connectivity index (χ3v) is 5.67. The van der Waals surface area contributed by atoms with Crippen LogP contribution in [0.3, 0.4) is 0 Å². The second-order valence-corrected chi connectivity index (χ2v) is 8.51. The first-order chi connectivity index (χ1) is 14.4. The molecule has 0 bridgehead atoms. The molecule has 0 aliphatic rings. The zero-order valence-corrected chi connectivity index (χ0v) is 18.1. The van der Waals surface area contributed by atoms with Crippen molar-refractivity contribution < 1.29 is 17.9 Å². The molecule has 1 aromatic heterocycles. The Bertz CT molecular complexity index is 1170. The SMILES string of the molecule is COc1ccc(Br)cc1/C=C/C(=O)Nc1ccc(S(=O)(=O)Nc2ncccn2)cc1. The van der Waals surface area contributed by atoms with Gasteiger partial charge in [0, 0.05) is 34.2 Å². The van der Waals surface area contributed by atoms with Gasteiger partial charge in [-0.1, -0.05) is 15.9 Å². The zero-order valence-electron chi connectivity index (χ0n) is 15.7. The van der Waals surface area contributed by atoms with Crippen molar-refractivity contribution in [1.29, 1.82) is 0 Å². The smallest absolute Gasteiger partial charge is 0.264 e. The second kappa shape index (κ2) is 9.51. The highest BCUT2D eigenvalue weighted by Crippen LogP contribution is 2.24. The molecule has 0 atom stereocenters. The Labute approximate surface area is 182 Å². The van der Waals surface area contributed by atoms with Crippen LogP contribution in [0.4, 0.5) is 11.6 Å². The number of methoxy groups -OCH3 is 1. The minimum Gasteiger partial charge on any atom is -0.496 e. The van der Waals surface area contributed by atoms with Crippen molar-refractivity contribution >= 4 is 49.6 Å². The highest BCUT2D eigenvalue weighted by atomic mass is 79.9. The molecule has 0 saturated carbocycles. The summed E-state index contributed by atoms with van der Waals surface area (Å²) in [7, 11) is -2.29. The van der Waals surface area contributed by atoms with Gasteiger partial charge in [-0.3, -0.25) is 4.79 Å². The van der Waals surface area contributed by atoms with E-state index in [-0.39, 0.29) is 16.8 Å². The van der Waals surface area contributed by atoms with E-state index in [0.29, 0.717) is 11.4 Å². The van der Waals surface area contributed by atoms with Gasteiger partial charge < -0.3 is 10.1 Å². The highest BCUT2D eigenvalue weighted by molar-refractivity contribution is 9.10. The number of ether oxygens (including phenoxy) is 1. The van der Waals surface area contributed by atoms with E-state index >= 15 is 0 Å². The third-order valence-electron chi connectivity index (χ3n) is 3.83. The van der Waals surface area contributed by atoms with Crippen LogP contribution in [-0.4, -0.2) is 31.4 Å². The third kappa shape index (κ3) is 5.65.